The van der Waals surface area contributed by atoms with Crippen molar-refractivity contribution in [1.82, 2.24) is 0 Å². The van der Waals surface area contributed by atoms with Crippen molar-refractivity contribution in [2.75, 3.05) is 26.3 Å². The Kier molecular flexibility index (Phi) is 7.89. The van der Waals surface area contributed by atoms with Gasteiger partial charge in [0.1, 0.15) is 26.2 Å². The van der Waals surface area contributed by atoms with Crippen molar-refractivity contribution in [1.29, 1.82) is 0 Å². The van der Waals surface area contributed by atoms with E-state index in [1.54, 1.807) is 36.4 Å². The molecule has 6 nitrogen and oxygen atoms in total. The summed E-state index contributed by atoms with van der Waals surface area (Å²) in [6, 6.07) is 23.0. The van der Waals surface area contributed by atoms with Gasteiger partial charge in [-0.3, -0.25) is 4.79 Å². The van der Waals surface area contributed by atoms with E-state index in [1.807, 2.05) is 30.3 Å². The van der Waals surface area contributed by atoms with Crippen LogP contribution in [0.25, 0.3) is 0 Å². The normalized spacial score (nSPS) is 11.3. The van der Waals surface area contributed by atoms with Gasteiger partial charge >= 0.3 is 0 Å². The second-order valence-corrected chi connectivity index (χ2v) is 7.93. The van der Waals surface area contributed by atoms with Crippen LogP contribution in [0.5, 0.6) is 0 Å². The Balaban J connectivity index is 1.81. The molecule has 0 unspecified atom stereocenters. The molecule has 3 aromatic carbocycles. The molecule has 0 saturated carbocycles. The summed E-state index contributed by atoms with van der Waals surface area (Å²) in [5.41, 5.74) is 3.21. The van der Waals surface area contributed by atoms with Crippen LogP contribution in [-0.4, -0.2) is 52.8 Å². The zero-order chi connectivity index (χ0) is 23.0. The molecular weight excluding hydrogens is 406 g/mol. The van der Waals surface area contributed by atoms with E-state index in [4.69, 9.17) is 0 Å². The van der Waals surface area contributed by atoms with E-state index in [0.29, 0.717) is 41.8 Å². The Morgan fingerprint density at radius 3 is 1.53 bits per heavy atom. The number of hydrogen-bond donors (Lipinski definition) is 2. The van der Waals surface area contributed by atoms with Gasteiger partial charge in [-0.1, -0.05) is 78.9 Å². The monoisotopic (exact) mass is 433 g/mol. The molecule has 166 valence electrons. The number of nitrogens with zero attached hydrogens (tertiary/aromatic N) is 1. The maximum atomic E-state index is 12.6. The number of ketones is 1. The molecule has 2 N–H and O–H groups in total. The summed E-state index contributed by atoms with van der Waals surface area (Å²) in [6.07, 6.45) is 0. The molecule has 6 heteroatoms. The predicted octanol–water partition coefficient (Wildman–Crippen LogP) is 1.78. The zero-order valence-electron chi connectivity index (χ0n) is 17.8. The Morgan fingerprint density at radius 1 is 0.656 bits per heavy atom. The van der Waals surface area contributed by atoms with Crippen molar-refractivity contribution in [2.45, 2.75) is 13.1 Å². The van der Waals surface area contributed by atoms with Crippen molar-refractivity contribution in [3.8, 4) is 0 Å². The van der Waals surface area contributed by atoms with E-state index >= 15 is 0 Å². The zero-order valence-corrected chi connectivity index (χ0v) is 17.8. The maximum Gasteiger partial charge on any atom is 0.193 e. The van der Waals surface area contributed by atoms with E-state index in [1.165, 1.54) is 12.1 Å². The average molecular weight is 434 g/mol. The highest BCUT2D eigenvalue weighted by molar-refractivity contribution is 6.08. The lowest BCUT2D eigenvalue weighted by atomic mass is 10.0. The Morgan fingerprint density at radius 2 is 1.09 bits per heavy atom. The van der Waals surface area contributed by atoms with Gasteiger partial charge in [0.05, 0.1) is 19.2 Å². The summed E-state index contributed by atoms with van der Waals surface area (Å²) in [5.74, 6) is -1.27. The Hall–Kier alpha value is -3.32. The van der Waals surface area contributed by atoms with Crippen LogP contribution in [0.3, 0.4) is 0 Å². The van der Waals surface area contributed by atoms with Gasteiger partial charge in [-0.05, 0) is 5.56 Å². The SMILES string of the molecule is O=C([O-])c1ccc(C[N+](CCO)(CCO)Cc2ccc(C(=O)c3ccccc3)cc2)cc1. The minimum atomic E-state index is -1.23. The maximum absolute atomic E-state index is 12.6. The Labute approximate surface area is 187 Å². The lowest BCUT2D eigenvalue weighted by Crippen LogP contribution is -2.50. The molecule has 3 aromatic rings. The number of aliphatic hydroxyl groups is 2. The smallest absolute Gasteiger partial charge is 0.193 e. The number of aliphatic hydroxyl groups excluding tert-OH is 2. The van der Waals surface area contributed by atoms with Crippen molar-refractivity contribution < 1.29 is 29.4 Å². The van der Waals surface area contributed by atoms with Gasteiger partial charge in [0.15, 0.2) is 5.78 Å². The van der Waals surface area contributed by atoms with Gasteiger partial charge in [0.25, 0.3) is 0 Å². The third kappa shape index (κ3) is 5.88. The topological polar surface area (TPSA) is 97.7 Å². The molecule has 0 spiro atoms. The minimum Gasteiger partial charge on any atom is -0.545 e. The highest BCUT2D eigenvalue weighted by Gasteiger charge is 2.27. The summed E-state index contributed by atoms with van der Waals surface area (Å²) < 4.78 is 0.393. The van der Waals surface area contributed by atoms with E-state index < -0.39 is 5.97 Å². The molecule has 32 heavy (non-hydrogen) atoms. The lowest BCUT2D eigenvalue weighted by molar-refractivity contribution is -0.954. The number of benzene rings is 3. The van der Waals surface area contributed by atoms with Crippen LogP contribution in [0.4, 0.5) is 0 Å². The summed E-state index contributed by atoms with van der Waals surface area (Å²) in [7, 11) is 0. The van der Waals surface area contributed by atoms with Gasteiger partial charge in [-0.2, -0.15) is 0 Å². The lowest BCUT2D eigenvalue weighted by Gasteiger charge is -2.38. The highest BCUT2D eigenvalue weighted by atomic mass is 16.4. The van der Waals surface area contributed by atoms with Crippen LogP contribution < -0.4 is 5.11 Å². The standard InChI is InChI=1S/C26H27NO5/c28-16-14-27(15-17-29,19-21-8-12-24(13-9-21)26(31)32)18-20-6-10-23(11-7-20)25(30)22-4-2-1-3-5-22/h1-13,28-29H,14-19H2. The van der Waals surface area contributed by atoms with Crippen LogP contribution in [0.1, 0.15) is 37.4 Å². The number of aromatic carboxylic acids is 1. The molecule has 0 saturated heterocycles. The third-order valence-corrected chi connectivity index (χ3v) is 5.63. The van der Waals surface area contributed by atoms with Crippen LogP contribution >= 0.6 is 0 Å². The molecule has 0 aromatic heterocycles. The summed E-state index contributed by atoms with van der Waals surface area (Å²) in [4.78, 5) is 23.7. The number of carbonyl (C=O) groups is 2. The number of quaternary nitrogens is 1. The van der Waals surface area contributed by atoms with Gasteiger partial charge < -0.3 is 24.6 Å². The molecule has 0 heterocycles. The first-order valence-corrected chi connectivity index (χ1v) is 10.5. The fourth-order valence-corrected chi connectivity index (χ4v) is 3.95. The number of hydrogen-bond acceptors (Lipinski definition) is 5. The number of rotatable bonds is 11. The first-order chi connectivity index (χ1) is 15.5. The van der Waals surface area contributed by atoms with Crippen LogP contribution in [-0.2, 0) is 13.1 Å². The van der Waals surface area contributed by atoms with Gasteiger partial charge in [0.2, 0.25) is 0 Å². The minimum absolute atomic E-state index is 0.0448. The largest absolute Gasteiger partial charge is 0.545 e. The Bertz CT molecular complexity index is 1020. The summed E-state index contributed by atoms with van der Waals surface area (Å²) in [6.45, 7) is 1.80. The first-order valence-electron chi connectivity index (χ1n) is 10.5. The quantitative estimate of drug-likeness (QED) is 0.355. The van der Waals surface area contributed by atoms with E-state index in [9.17, 15) is 24.9 Å². The molecule has 0 aliphatic heterocycles. The van der Waals surface area contributed by atoms with Crippen molar-refractivity contribution in [3.63, 3.8) is 0 Å². The fourth-order valence-electron chi connectivity index (χ4n) is 3.95. The van der Waals surface area contributed by atoms with Gasteiger partial charge in [0, 0.05) is 22.3 Å². The van der Waals surface area contributed by atoms with E-state index in [2.05, 4.69) is 0 Å². The van der Waals surface area contributed by atoms with Crippen LogP contribution in [0.15, 0.2) is 78.9 Å². The van der Waals surface area contributed by atoms with Crippen LogP contribution in [0.2, 0.25) is 0 Å². The molecule has 3 rings (SSSR count). The average Bonchev–Trinajstić information content (AvgIpc) is 2.80. The van der Waals surface area contributed by atoms with E-state index in [0.717, 1.165) is 11.1 Å². The molecule has 0 aliphatic rings. The molecule has 0 atom stereocenters. The molecule has 0 amide bonds. The predicted molar refractivity (Wildman–Crippen MR) is 119 cm³/mol. The molecule has 0 bridgehead atoms. The molecule has 0 fully saturated rings. The summed E-state index contributed by atoms with van der Waals surface area (Å²) >= 11 is 0. The molecule has 0 radical (unpaired) electrons. The number of carboxylic acid groups (broad SMARTS) is 1. The van der Waals surface area contributed by atoms with Crippen LogP contribution in [0, 0.1) is 0 Å². The first kappa shape index (κ1) is 23.3. The summed E-state index contributed by atoms with van der Waals surface area (Å²) in [5, 5.41) is 30.4. The van der Waals surface area contributed by atoms with Gasteiger partial charge in [-0.15, -0.1) is 0 Å². The number of carbonyl (C=O) groups excluding carboxylic acids is 2. The molecule has 0 aliphatic carbocycles. The second-order valence-electron chi connectivity index (χ2n) is 7.93. The van der Waals surface area contributed by atoms with Crippen molar-refractivity contribution in [2.24, 2.45) is 0 Å². The molecular formula is C26H27NO5. The van der Waals surface area contributed by atoms with Gasteiger partial charge in [-0.25, -0.2) is 0 Å². The van der Waals surface area contributed by atoms with E-state index in [-0.39, 0.29) is 24.6 Å². The fraction of sp³-hybridized carbons (Fsp3) is 0.231. The highest BCUT2D eigenvalue weighted by Crippen LogP contribution is 2.21. The second kappa shape index (κ2) is 10.8. The van der Waals surface area contributed by atoms with Crippen molar-refractivity contribution >= 4 is 11.8 Å². The third-order valence-electron chi connectivity index (χ3n) is 5.63. The number of carboxylic acids is 1. The van der Waals surface area contributed by atoms with Crippen molar-refractivity contribution in [3.05, 3.63) is 107 Å².